The molecule has 1 aromatic heterocycles. The average molecular weight is 324 g/mol. The zero-order chi connectivity index (χ0) is 15.2. The summed E-state index contributed by atoms with van der Waals surface area (Å²) in [5.41, 5.74) is 6.03. The number of thioether (sulfide) groups is 1. The number of hydrogen-bond acceptors (Lipinski definition) is 7. The first kappa shape index (κ1) is 15.6. The lowest BCUT2D eigenvalue weighted by Gasteiger charge is -2.10. The number of nitrogens with one attached hydrogen (secondary N) is 1. The van der Waals surface area contributed by atoms with Crippen molar-refractivity contribution in [1.82, 2.24) is 15.5 Å². The Morgan fingerprint density at radius 2 is 2.29 bits per heavy atom. The smallest absolute Gasteiger partial charge is 0.255 e. The molecule has 1 heterocycles. The van der Waals surface area contributed by atoms with Crippen LogP contribution in [0.4, 0.5) is 5.13 Å². The van der Waals surface area contributed by atoms with Gasteiger partial charge in [-0.15, -0.1) is 22.0 Å². The molecule has 0 bridgehead atoms. The van der Waals surface area contributed by atoms with Crippen molar-refractivity contribution in [3.05, 3.63) is 28.8 Å². The van der Waals surface area contributed by atoms with Crippen LogP contribution in [0.15, 0.2) is 23.1 Å². The Hall–Kier alpha value is -1.80. The standard InChI is InChI=1S/C13H16N4O2S2/c1-19-10-7-8(20-2)3-4-9(10)12(18)15-6-5-11-16-17-13(14)21-11/h3-4,7H,5-6H2,1-2H3,(H2,14,17)(H,15,18). The number of rotatable bonds is 6. The Morgan fingerprint density at radius 1 is 1.48 bits per heavy atom. The quantitative estimate of drug-likeness (QED) is 0.788. The highest BCUT2D eigenvalue weighted by atomic mass is 32.2. The fourth-order valence-electron chi connectivity index (χ4n) is 1.73. The zero-order valence-corrected chi connectivity index (χ0v) is 13.4. The Morgan fingerprint density at radius 3 is 2.90 bits per heavy atom. The van der Waals surface area contributed by atoms with Gasteiger partial charge in [0.1, 0.15) is 10.8 Å². The monoisotopic (exact) mass is 324 g/mol. The van der Waals surface area contributed by atoms with Gasteiger partial charge in [-0.05, 0) is 24.5 Å². The van der Waals surface area contributed by atoms with Gasteiger partial charge in [0.25, 0.3) is 5.91 Å². The Kier molecular flexibility index (Phi) is 5.40. The summed E-state index contributed by atoms with van der Waals surface area (Å²) in [5.74, 6) is 0.400. The normalized spacial score (nSPS) is 10.4. The number of nitrogen functional groups attached to an aromatic ring is 1. The molecule has 0 unspecified atom stereocenters. The zero-order valence-electron chi connectivity index (χ0n) is 11.8. The van der Waals surface area contributed by atoms with Crippen molar-refractivity contribution in [3.63, 3.8) is 0 Å². The third kappa shape index (κ3) is 4.08. The minimum Gasteiger partial charge on any atom is -0.496 e. The molecule has 2 aromatic rings. The van der Waals surface area contributed by atoms with Crippen molar-refractivity contribution in [2.45, 2.75) is 11.3 Å². The molecule has 3 N–H and O–H groups in total. The van der Waals surface area contributed by atoms with Crippen molar-refractivity contribution in [2.24, 2.45) is 0 Å². The van der Waals surface area contributed by atoms with E-state index in [1.54, 1.807) is 24.9 Å². The molecule has 8 heteroatoms. The fraction of sp³-hybridized carbons (Fsp3) is 0.308. The Balaban J connectivity index is 1.96. The minimum absolute atomic E-state index is 0.169. The highest BCUT2D eigenvalue weighted by Crippen LogP contribution is 2.25. The van der Waals surface area contributed by atoms with E-state index in [2.05, 4.69) is 15.5 Å². The first-order valence-electron chi connectivity index (χ1n) is 6.22. The van der Waals surface area contributed by atoms with Crippen LogP contribution in [0.1, 0.15) is 15.4 Å². The number of methoxy groups -OCH3 is 1. The van der Waals surface area contributed by atoms with Gasteiger partial charge >= 0.3 is 0 Å². The number of aromatic nitrogens is 2. The number of benzene rings is 1. The molecule has 6 nitrogen and oxygen atoms in total. The van der Waals surface area contributed by atoms with Crippen LogP contribution in [-0.2, 0) is 6.42 Å². The van der Waals surface area contributed by atoms with Gasteiger partial charge in [0.2, 0.25) is 5.13 Å². The van der Waals surface area contributed by atoms with E-state index < -0.39 is 0 Å². The second-order valence-electron chi connectivity index (χ2n) is 4.11. The van der Waals surface area contributed by atoms with Crippen LogP contribution in [0.3, 0.4) is 0 Å². The van der Waals surface area contributed by atoms with Crippen LogP contribution in [0.25, 0.3) is 0 Å². The van der Waals surface area contributed by atoms with E-state index in [4.69, 9.17) is 10.5 Å². The summed E-state index contributed by atoms with van der Waals surface area (Å²) in [6.45, 7) is 0.473. The lowest BCUT2D eigenvalue weighted by molar-refractivity contribution is 0.0951. The predicted octanol–water partition coefficient (Wildman–Crippen LogP) is 1.82. The van der Waals surface area contributed by atoms with Gasteiger partial charge in [-0.25, -0.2) is 0 Å². The summed E-state index contributed by atoms with van der Waals surface area (Å²) in [4.78, 5) is 13.2. The summed E-state index contributed by atoms with van der Waals surface area (Å²) < 4.78 is 5.27. The molecule has 1 aromatic carbocycles. The molecule has 0 aliphatic carbocycles. The van der Waals surface area contributed by atoms with Crippen LogP contribution in [0, 0.1) is 0 Å². The lowest BCUT2D eigenvalue weighted by atomic mass is 10.2. The number of nitrogens with two attached hydrogens (primary N) is 1. The molecule has 0 aliphatic rings. The van der Waals surface area contributed by atoms with E-state index >= 15 is 0 Å². The number of hydrogen-bond donors (Lipinski definition) is 2. The molecule has 0 radical (unpaired) electrons. The first-order chi connectivity index (χ1) is 10.1. The molecule has 0 aliphatic heterocycles. The highest BCUT2D eigenvalue weighted by Gasteiger charge is 2.12. The SMILES string of the molecule is COc1cc(SC)ccc1C(=O)NCCc1nnc(N)s1. The fourth-order valence-corrected chi connectivity index (χ4v) is 2.77. The van der Waals surface area contributed by atoms with E-state index in [1.807, 2.05) is 18.4 Å². The lowest BCUT2D eigenvalue weighted by Crippen LogP contribution is -2.26. The van der Waals surface area contributed by atoms with Gasteiger partial charge < -0.3 is 15.8 Å². The largest absolute Gasteiger partial charge is 0.496 e. The number of carbonyl (C=O) groups is 1. The van der Waals surface area contributed by atoms with Gasteiger partial charge in [0, 0.05) is 17.9 Å². The molecule has 21 heavy (non-hydrogen) atoms. The van der Waals surface area contributed by atoms with Crippen molar-refractivity contribution in [2.75, 3.05) is 25.6 Å². The van der Waals surface area contributed by atoms with Gasteiger partial charge in [0.05, 0.1) is 12.7 Å². The van der Waals surface area contributed by atoms with Crippen molar-refractivity contribution >= 4 is 34.1 Å². The summed E-state index contributed by atoms with van der Waals surface area (Å²) in [6, 6.07) is 5.52. The second-order valence-corrected chi connectivity index (χ2v) is 6.08. The van der Waals surface area contributed by atoms with Gasteiger partial charge in [-0.1, -0.05) is 11.3 Å². The van der Waals surface area contributed by atoms with E-state index in [1.165, 1.54) is 11.3 Å². The molecular formula is C13H16N4O2S2. The topological polar surface area (TPSA) is 90.1 Å². The average Bonchev–Trinajstić information content (AvgIpc) is 2.91. The maximum absolute atomic E-state index is 12.2. The molecule has 0 atom stereocenters. The van der Waals surface area contributed by atoms with E-state index in [9.17, 15) is 4.79 Å². The minimum atomic E-state index is -0.169. The van der Waals surface area contributed by atoms with Crippen molar-refractivity contribution in [1.29, 1.82) is 0 Å². The summed E-state index contributed by atoms with van der Waals surface area (Å²) in [7, 11) is 1.56. The van der Waals surface area contributed by atoms with Crippen LogP contribution in [0.5, 0.6) is 5.75 Å². The molecule has 0 saturated heterocycles. The number of amides is 1. The van der Waals surface area contributed by atoms with E-state index in [0.717, 1.165) is 9.90 Å². The summed E-state index contributed by atoms with van der Waals surface area (Å²) >= 11 is 2.92. The Bertz CT molecular complexity index is 630. The van der Waals surface area contributed by atoms with Crippen molar-refractivity contribution in [3.8, 4) is 5.75 Å². The van der Waals surface area contributed by atoms with Crippen LogP contribution < -0.4 is 15.8 Å². The van der Waals surface area contributed by atoms with Crippen LogP contribution in [0.2, 0.25) is 0 Å². The molecule has 0 spiro atoms. The molecule has 0 saturated carbocycles. The maximum Gasteiger partial charge on any atom is 0.255 e. The van der Waals surface area contributed by atoms with Crippen LogP contribution >= 0.6 is 23.1 Å². The number of carbonyl (C=O) groups excluding carboxylic acids is 1. The predicted molar refractivity (Wildman–Crippen MR) is 85.1 cm³/mol. The maximum atomic E-state index is 12.2. The summed E-state index contributed by atoms with van der Waals surface area (Å²) in [5, 5.41) is 11.7. The third-order valence-electron chi connectivity index (χ3n) is 2.76. The number of ether oxygens (including phenoxy) is 1. The van der Waals surface area contributed by atoms with Crippen molar-refractivity contribution < 1.29 is 9.53 Å². The van der Waals surface area contributed by atoms with Gasteiger partial charge in [-0.3, -0.25) is 4.79 Å². The molecule has 0 fully saturated rings. The first-order valence-corrected chi connectivity index (χ1v) is 8.26. The molecule has 1 amide bonds. The number of nitrogens with zero attached hydrogens (tertiary/aromatic N) is 2. The molecule has 112 valence electrons. The third-order valence-corrected chi connectivity index (χ3v) is 4.30. The molecular weight excluding hydrogens is 308 g/mol. The Labute approximate surface area is 131 Å². The van der Waals surface area contributed by atoms with Crippen LogP contribution in [-0.4, -0.2) is 36.0 Å². The van der Waals surface area contributed by atoms with E-state index in [0.29, 0.717) is 29.4 Å². The second kappa shape index (κ2) is 7.28. The van der Waals surface area contributed by atoms with Gasteiger partial charge in [0.15, 0.2) is 0 Å². The van der Waals surface area contributed by atoms with Gasteiger partial charge in [-0.2, -0.15) is 0 Å². The van der Waals surface area contributed by atoms with E-state index in [-0.39, 0.29) is 5.91 Å². The molecule has 2 rings (SSSR count). The number of anilines is 1. The highest BCUT2D eigenvalue weighted by molar-refractivity contribution is 7.98. The summed E-state index contributed by atoms with van der Waals surface area (Å²) in [6.07, 6.45) is 2.58.